The van der Waals surface area contributed by atoms with E-state index in [2.05, 4.69) is 11.3 Å². The maximum Gasteiger partial charge on any atom is 0.306 e. The predicted octanol–water partition coefficient (Wildman–Crippen LogP) is 1.91. The Morgan fingerprint density at radius 1 is 1.82 bits per heavy atom. The van der Waals surface area contributed by atoms with Crippen LogP contribution < -0.4 is 0 Å². The van der Waals surface area contributed by atoms with E-state index in [9.17, 15) is 4.79 Å². The maximum atomic E-state index is 10.8. The van der Waals surface area contributed by atoms with E-state index in [1.165, 1.54) is 19.1 Å². The van der Waals surface area contributed by atoms with E-state index >= 15 is 0 Å². The Kier molecular flexibility index (Phi) is 2.69. The number of allylic oxidation sites excluding steroid dienone is 1. The molecular weight excluding hydrogens is 140 g/mol. The third-order valence-corrected chi connectivity index (χ3v) is 2.27. The van der Waals surface area contributed by atoms with E-state index < -0.39 is 0 Å². The van der Waals surface area contributed by atoms with Crippen molar-refractivity contribution in [2.45, 2.75) is 25.7 Å². The van der Waals surface area contributed by atoms with Crippen LogP contribution in [0.25, 0.3) is 0 Å². The maximum absolute atomic E-state index is 10.8. The van der Waals surface area contributed by atoms with Crippen LogP contribution in [0, 0.1) is 5.92 Å². The van der Waals surface area contributed by atoms with Crippen LogP contribution in [0.15, 0.2) is 12.2 Å². The van der Waals surface area contributed by atoms with Gasteiger partial charge in [-0.3, -0.25) is 4.79 Å². The lowest BCUT2D eigenvalue weighted by Gasteiger charge is -2.07. The number of carbonyl (C=O) groups excluding carboxylic acids is 1. The Morgan fingerprint density at radius 2 is 2.55 bits per heavy atom. The van der Waals surface area contributed by atoms with Gasteiger partial charge in [0, 0.05) is 0 Å². The first-order valence-electron chi connectivity index (χ1n) is 3.98. The minimum atomic E-state index is -0.113. The van der Waals surface area contributed by atoms with Crippen LogP contribution in [0.1, 0.15) is 25.7 Å². The summed E-state index contributed by atoms with van der Waals surface area (Å²) in [6.45, 7) is 3.92. The fraction of sp³-hybridized carbons (Fsp3) is 0.667. The number of ether oxygens (including phenoxy) is 1. The van der Waals surface area contributed by atoms with E-state index in [-0.39, 0.29) is 5.97 Å². The summed E-state index contributed by atoms with van der Waals surface area (Å²) >= 11 is 0. The predicted molar refractivity (Wildman–Crippen MR) is 43.1 cm³/mol. The van der Waals surface area contributed by atoms with E-state index in [0.29, 0.717) is 12.3 Å². The van der Waals surface area contributed by atoms with Crippen molar-refractivity contribution in [2.75, 3.05) is 7.11 Å². The quantitative estimate of drug-likeness (QED) is 0.448. The van der Waals surface area contributed by atoms with E-state index in [0.717, 1.165) is 12.8 Å². The number of methoxy groups -OCH3 is 1. The number of rotatable bonds is 2. The average Bonchev–Trinajstić information content (AvgIpc) is 2.37. The Morgan fingerprint density at radius 3 is 3.00 bits per heavy atom. The molecule has 0 heterocycles. The summed E-state index contributed by atoms with van der Waals surface area (Å²) in [5.74, 6) is 0.278. The second-order valence-electron chi connectivity index (χ2n) is 3.03. The third-order valence-electron chi connectivity index (χ3n) is 2.27. The van der Waals surface area contributed by atoms with Gasteiger partial charge in [0.1, 0.15) is 0 Å². The van der Waals surface area contributed by atoms with Crippen molar-refractivity contribution < 1.29 is 9.53 Å². The van der Waals surface area contributed by atoms with Gasteiger partial charge in [-0.05, 0) is 25.2 Å². The molecule has 1 unspecified atom stereocenters. The van der Waals surface area contributed by atoms with Gasteiger partial charge in [-0.15, -0.1) is 0 Å². The summed E-state index contributed by atoms with van der Waals surface area (Å²) in [7, 11) is 1.43. The minimum absolute atomic E-state index is 0.113. The molecule has 0 bridgehead atoms. The van der Waals surface area contributed by atoms with Crippen LogP contribution in [0.4, 0.5) is 0 Å². The number of esters is 1. The second kappa shape index (κ2) is 3.56. The summed E-state index contributed by atoms with van der Waals surface area (Å²) in [6, 6.07) is 0. The summed E-state index contributed by atoms with van der Waals surface area (Å²) in [5, 5.41) is 0. The molecule has 1 saturated carbocycles. The van der Waals surface area contributed by atoms with Crippen molar-refractivity contribution in [2.24, 2.45) is 5.92 Å². The largest absolute Gasteiger partial charge is 0.469 e. The van der Waals surface area contributed by atoms with Crippen molar-refractivity contribution in [3.63, 3.8) is 0 Å². The van der Waals surface area contributed by atoms with E-state index in [1.807, 2.05) is 0 Å². The average molecular weight is 154 g/mol. The molecule has 11 heavy (non-hydrogen) atoms. The molecule has 0 aromatic carbocycles. The molecule has 0 N–H and O–H groups in total. The van der Waals surface area contributed by atoms with Gasteiger partial charge in [-0.25, -0.2) is 0 Å². The summed E-state index contributed by atoms with van der Waals surface area (Å²) in [4.78, 5) is 10.8. The first-order chi connectivity index (χ1) is 5.24. The van der Waals surface area contributed by atoms with Crippen molar-refractivity contribution >= 4 is 5.97 Å². The molecule has 1 aliphatic carbocycles. The molecule has 0 aliphatic heterocycles. The van der Waals surface area contributed by atoms with Crippen LogP contribution in [-0.4, -0.2) is 13.1 Å². The molecule has 0 radical (unpaired) electrons. The SMILES string of the molecule is C=C1CCCC1CC(=O)OC. The Labute approximate surface area is 67.2 Å². The fourth-order valence-electron chi connectivity index (χ4n) is 1.51. The van der Waals surface area contributed by atoms with Crippen LogP contribution in [0.5, 0.6) is 0 Å². The van der Waals surface area contributed by atoms with Crippen molar-refractivity contribution in [3.8, 4) is 0 Å². The van der Waals surface area contributed by atoms with E-state index in [1.54, 1.807) is 0 Å². The standard InChI is InChI=1S/C9H14O2/c1-7-4-3-5-8(7)6-9(10)11-2/h8H,1,3-6H2,2H3. The van der Waals surface area contributed by atoms with Crippen LogP contribution in [-0.2, 0) is 9.53 Å². The molecular formula is C9H14O2. The molecule has 2 nitrogen and oxygen atoms in total. The third kappa shape index (κ3) is 2.07. The Bertz CT molecular complexity index is 172. The first kappa shape index (κ1) is 8.31. The number of carbonyl (C=O) groups is 1. The van der Waals surface area contributed by atoms with Gasteiger partial charge in [0.2, 0.25) is 0 Å². The van der Waals surface area contributed by atoms with Gasteiger partial charge < -0.3 is 4.74 Å². The fourth-order valence-corrected chi connectivity index (χ4v) is 1.51. The molecule has 0 saturated heterocycles. The Balaban J connectivity index is 2.36. The molecule has 2 heteroatoms. The smallest absolute Gasteiger partial charge is 0.306 e. The highest BCUT2D eigenvalue weighted by molar-refractivity contribution is 5.70. The lowest BCUT2D eigenvalue weighted by Crippen LogP contribution is -2.07. The van der Waals surface area contributed by atoms with Gasteiger partial charge >= 0.3 is 5.97 Å². The first-order valence-corrected chi connectivity index (χ1v) is 3.98. The van der Waals surface area contributed by atoms with Gasteiger partial charge in [-0.2, -0.15) is 0 Å². The molecule has 1 rings (SSSR count). The zero-order valence-corrected chi connectivity index (χ0v) is 6.93. The summed E-state index contributed by atoms with van der Waals surface area (Å²) in [5.41, 5.74) is 1.22. The molecule has 0 spiro atoms. The monoisotopic (exact) mass is 154 g/mol. The van der Waals surface area contributed by atoms with Gasteiger partial charge in [-0.1, -0.05) is 12.2 Å². The molecule has 1 aliphatic rings. The van der Waals surface area contributed by atoms with Gasteiger partial charge in [0.15, 0.2) is 0 Å². The Hall–Kier alpha value is -0.790. The molecule has 0 amide bonds. The molecule has 62 valence electrons. The van der Waals surface area contributed by atoms with Crippen molar-refractivity contribution in [3.05, 3.63) is 12.2 Å². The lowest BCUT2D eigenvalue weighted by molar-refractivity contribution is -0.141. The highest BCUT2D eigenvalue weighted by Crippen LogP contribution is 2.31. The lowest BCUT2D eigenvalue weighted by atomic mass is 10.0. The van der Waals surface area contributed by atoms with Gasteiger partial charge in [0.05, 0.1) is 13.5 Å². The highest BCUT2D eigenvalue weighted by Gasteiger charge is 2.21. The highest BCUT2D eigenvalue weighted by atomic mass is 16.5. The molecule has 0 aromatic heterocycles. The minimum Gasteiger partial charge on any atom is -0.469 e. The molecule has 1 atom stereocenters. The normalized spacial score (nSPS) is 23.7. The van der Waals surface area contributed by atoms with Crippen LogP contribution >= 0.6 is 0 Å². The number of hydrogen-bond donors (Lipinski definition) is 0. The molecule has 1 fully saturated rings. The summed E-state index contributed by atoms with van der Waals surface area (Å²) in [6.07, 6.45) is 3.89. The summed E-state index contributed by atoms with van der Waals surface area (Å²) < 4.78 is 4.58. The number of hydrogen-bond acceptors (Lipinski definition) is 2. The second-order valence-corrected chi connectivity index (χ2v) is 3.03. The topological polar surface area (TPSA) is 26.3 Å². The van der Waals surface area contributed by atoms with Gasteiger partial charge in [0.25, 0.3) is 0 Å². The van der Waals surface area contributed by atoms with Crippen LogP contribution in [0.2, 0.25) is 0 Å². The zero-order valence-electron chi connectivity index (χ0n) is 6.93. The zero-order chi connectivity index (χ0) is 8.27. The van der Waals surface area contributed by atoms with Crippen molar-refractivity contribution in [1.29, 1.82) is 0 Å². The van der Waals surface area contributed by atoms with E-state index in [4.69, 9.17) is 0 Å². The van der Waals surface area contributed by atoms with Crippen LogP contribution in [0.3, 0.4) is 0 Å². The van der Waals surface area contributed by atoms with Crippen molar-refractivity contribution in [1.82, 2.24) is 0 Å². The molecule has 0 aromatic rings.